The molecule has 6 heteroatoms. The van der Waals surface area contributed by atoms with Crippen molar-refractivity contribution in [2.45, 2.75) is 5.75 Å². The molecular weight excluding hydrogens is 312 g/mol. The molecule has 23 heavy (non-hydrogen) atoms. The molecule has 0 aliphatic heterocycles. The summed E-state index contributed by atoms with van der Waals surface area (Å²) in [6.45, 7) is 0. The van der Waals surface area contributed by atoms with E-state index in [1.165, 1.54) is 18.9 Å². The molecule has 2 aromatic carbocycles. The summed E-state index contributed by atoms with van der Waals surface area (Å²) in [6, 6.07) is 14.6. The fourth-order valence-corrected chi connectivity index (χ4v) is 2.57. The van der Waals surface area contributed by atoms with Crippen molar-refractivity contribution in [1.29, 1.82) is 0 Å². The molecule has 0 saturated heterocycles. The first-order chi connectivity index (χ1) is 11.1. The second-order valence-electron chi connectivity index (χ2n) is 4.63. The van der Waals surface area contributed by atoms with Crippen LogP contribution in [0.3, 0.4) is 0 Å². The van der Waals surface area contributed by atoms with Gasteiger partial charge in [0.1, 0.15) is 5.75 Å². The molecule has 2 aromatic rings. The topological polar surface area (TPSA) is 73.9 Å². The van der Waals surface area contributed by atoms with Gasteiger partial charge >= 0.3 is 5.97 Å². The van der Waals surface area contributed by atoms with Crippen molar-refractivity contribution in [3.05, 3.63) is 59.7 Å². The van der Waals surface area contributed by atoms with Crippen LogP contribution in [0, 0.1) is 0 Å². The number of methoxy groups -OCH3 is 2. The molecule has 2 rings (SSSR count). The lowest BCUT2D eigenvalue weighted by Gasteiger charge is -2.05. The minimum absolute atomic E-state index is 0.352. The fourth-order valence-electron chi connectivity index (χ4n) is 1.90. The van der Waals surface area contributed by atoms with Crippen molar-refractivity contribution < 1.29 is 14.3 Å². The van der Waals surface area contributed by atoms with E-state index in [-0.39, 0.29) is 5.97 Å². The summed E-state index contributed by atoms with van der Waals surface area (Å²) in [5, 5.41) is 0.446. The monoisotopic (exact) mass is 330 g/mol. The maximum atomic E-state index is 11.5. The summed E-state index contributed by atoms with van der Waals surface area (Å²) in [4.78, 5) is 15.9. The van der Waals surface area contributed by atoms with E-state index in [0.717, 1.165) is 17.0 Å². The number of amidine groups is 1. The third-order valence-corrected chi connectivity index (χ3v) is 3.89. The molecule has 2 N–H and O–H groups in total. The molecule has 0 unspecified atom stereocenters. The molecule has 0 aliphatic carbocycles. The average Bonchev–Trinajstić information content (AvgIpc) is 2.59. The second-order valence-corrected chi connectivity index (χ2v) is 5.63. The minimum atomic E-state index is -0.352. The SMILES string of the molecule is COC(=O)c1cccc(CSC(N)=Nc2cccc(OC)c2)c1. The van der Waals surface area contributed by atoms with Gasteiger partial charge in [0, 0.05) is 11.8 Å². The predicted molar refractivity (Wildman–Crippen MR) is 93.4 cm³/mol. The van der Waals surface area contributed by atoms with E-state index in [0.29, 0.717) is 16.5 Å². The minimum Gasteiger partial charge on any atom is -0.497 e. The Balaban J connectivity index is 2.02. The van der Waals surface area contributed by atoms with Gasteiger partial charge in [-0.15, -0.1) is 0 Å². The summed E-state index contributed by atoms with van der Waals surface area (Å²) in [5.74, 6) is 0.995. The van der Waals surface area contributed by atoms with Gasteiger partial charge in [0.25, 0.3) is 0 Å². The molecule has 0 heterocycles. The van der Waals surface area contributed by atoms with Crippen LogP contribution < -0.4 is 10.5 Å². The third-order valence-electron chi connectivity index (χ3n) is 3.03. The van der Waals surface area contributed by atoms with Crippen molar-refractivity contribution in [2.75, 3.05) is 14.2 Å². The van der Waals surface area contributed by atoms with Gasteiger partial charge in [0.15, 0.2) is 5.17 Å². The highest BCUT2D eigenvalue weighted by molar-refractivity contribution is 8.13. The van der Waals surface area contributed by atoms with Gasteiger partial charge in [0.2, 0.25) is 0 Å². The lowest BCUT2D eigenvalue weighted by molar-refractivity contribution is 0.0600. The van der Waals surface area contributed by atoms with Gasteiger partial charge in [-0.25, -0.2) is 9.79 Å². The number of nitrogens with zero attached hydrogens (tertiary/aromatic N) is 1. The number of esters is 1. The lowest BCUT2D eigenvalue weighted by Crippen LogP contribution is -2.06. The standard InChI is InChI=1S/C17H18N2O3S/c1-21-15-8-4-7-14(10-15)19-17(18)23-11-12-5-3-6-13(9-12)16(20)22-2/h3-10H,11H2,1-2H3,(H2,18,19). The first kappa shape index (κ1) is 16.9. The van der Waals surface area contributed by atoms with E-state index in [2.05, 4.69) is 4.99 Å². The van der Waals surface area contributed by atoms with Gasteiger partial charge in [-0.2, -0.15) is 0 Å². The molecule has 0 atom stereocenters. The Morgan fingerprint density at radius 3 is 2.70 bits per heavy atom. The van der Waals surface area contributed by atoms with Gasteiger partial charge in [-0.3, -0.25) is 0 Å². The summed E-state index contributed by atoms with van der Waals surface area (Å²) in [5.41, 5.74) is 8.18. The number of nitrogens with two attached hydrogens (primary N) is 1. The van der Waals surface area contributed by atoms with Crippen LogP contribution in [-0.2, 0) is 10.5 Å². The molecule has 0 aliphatic rings. The number of hydrogen-bond donors (Lipinski definition) is 1. The van der Waals surface area contributed by atoms with Crippen molar-refractivity contribution in [3.63, 3.8) is 0 Å². The van der Waals surface area contributed by atoms with Crippen LogP contribution in [0.15, 0.2) is 53.5 Å². The number of thioether (sulfide) groups is 1. The first-order valence-corrected chi connectivity index (χ1v) is 7.89. The Morgan fingerprint density at radius 2 is 1.96 bits per heavy atom. The first-order valence-electron chi connectivity index (χ1n) is 6.90. The second kappa shape index (κ2) is 8.24. The van der Waals surface area contributed by atoms with Gasteiger partial charge < -0.3 is 15.2 Å². The largest absolute Gasteiger partial charge is 0.497 e. The van der Waals surface area contributed by atoms with Crippen LogP contribution in [0.5, 0.6) is 5.75 Å². The van der Waals surface area contributed by atoms with E-state index in [9.17, 15) is 4.79 Å². The summed E-state index contributed by atoms with van der Waals surface area (Å²) in [7, 11) is 2.97. The number of carbonyl (C=O) groups is 1. The van der Waals surface area contributed by atoms with Crippen molar-refractivity contribution in [2.24, 2.45) is 10.7 Å². The zero-order valence-electron chi connectivity index (χ0n) is 13.0. The van der Waals surface area contributed by atoms with E-state index >= 15 is 0 Å². The number of benzene rings is 2. The lowest BCUT2D eigenvalue weighted by atomic mass is 10.1. The number of carbonyl (C=O) groups excluding carboxylic acids is 1. The van der Waals surface area contributed by atoms with E-state index in [4.69, 9.17) is 15.2 Å². The fraction of sp³-hybridized carbons (Fsp3) is 0.176. The van der Waals surface area contributed by atoms with E-state index in [1.54, 1.807) is 19.2 Å². The maximum Gasteiger partial charge on any atom is 0.337 e. The number of aliphatic imine (C=N–C) groups is 1. The number of ether oxygens (including phenoxy) is 2. The van der Waals surface area contributed by atoms with Gasteiger partial charge in [-0.1, -0.05) is 30.0 Å². The number of rotatable bonds is 5. The Labute approximate surface area is 139 Å². The molecule has 0 spiro atoms. The van der Waals surface area contributed by atoms with Gasteiger partial charge in [-0.05, 0) is 29.8 Å². The smallest absolute Gasteiger partial charge is 0.337 e. The van der Waals surface area contributed by atoms with Gasteiger partial charge in [0.05, 0.1) is 25.5 Å². The summed E-state index contributed by atoms with van der Waals surface area (Å²) < 4.78 is 9.86. The number of hydrogen-bond acceptors (Lipinski definition) is 5. The zero-order valence-corrected chi connectivity index (χ0v) is 13.8. The van der Waals surface area contributed by atoms with Crippen LogP contribution in [-0.4, -0.2) is 25.4 Å². The van der Waals surface area contributed by atoms with Crippen molar-refractivity contribution in [3.8, 4) is 5.75 Å². The van der Waals surface area contributed by atoms with Crippen LogP contribution in [0.1, 0.15) is 15.9 Å². The van der Waals surface area contributed by atoms with E-state index in [1.807, 2.05) is 36.4 Å². The maximum absolute atomic E-state index is 11.5. The van der Waals surface area contributed by atoms with Crippen LogP contribution in [0.4, 0.5) is 5.69 Å². The van der Waals surface area contributed by atoms with Crippen LogP contribution >= 0.6 is 11.8 Å². The summed E-state index contributed by atoms with van der Waals surface area (Å²) in [6.07, 6.45) is 0. The highest BCUT2D eigenvalue weighted by Crippen LogP contribution is 2.21. The molecule has 5 nitrogen and oxygen atoms in total. The van der Waals surface area contributed by atoms with E-state index < -0.39 is 0 Å². The van der Waals surface area contributed by atoms with Crippen LogP contribution in [0.25, 0.3) is 0 Å². The normalized spacial score (nSPS) is 11.1. The highest BCUT2D eigenvalue weighted by Gasteiger charge is 2.06. The average molecular weight is 330 g/mol. The summed E-state index contributed by atoms with van der Waals surface area (Å²) >= 11 is 1.40. The Kier molecular flexibility index (Phi) is 6.05. The molecule has 120 valence electrons. The molecule has 0 aromatic heterocycles. The molecular formula is C17H18N2O3S. The molecule has 0 amide bonds. The Hall–Kier alpha value is -2.47. The molecule has 0 saturated carbocycles. The quantitative estimate of drug-likeness (QED) is 0.517. The molecule has 0 radical (unpaired) electrons. The van der Waals surface area contributed by atoms with Crippen LogP contribution in [0.2, 0.25) is 0 Å². The molecule has 0 fully saturated rings. The Morgan fingerprint density at radius 1 is 1.17 bits per heavy atom. The predicted octanol–water partition coefficient (Wildman–Crippen LogP) is 3.36. The molecule has 0 bridgehead atoms. The Bertz CT molecular complexity index is 716. The highest BCUT2D eigenvalue weighted by atomic mass is 32.2. The van der Waals surface area contributed by atoms with Crippen molar-refractivity contribution in [1.82, 2.24) is 0 Å². The van der Waals surface area contributed by atoms with Crippen molar-refractivity contribution >= 4 is 28.6 Å². The zero-order chi connectivity index (χ0) is 16.7. The third kappa shape index (κ3) is 5.03.